The van der Waals surface area contributed by atoms with Gasteiger partial charge in [-0.3, -0.25) is 0 Å². The minimum Gasteiger partial charge on any atom is -0.497 e. The Morgan fingerprint density at radius 2 is 1.17 bits per heavy atom. The van der Waals surface area contributed by atoms with Gasteiger partial charge in [0.25, 0.3) is 0 Å². The lowest BCUT2D eigenvalue weighted by molar-refractivity contribution is 0.415. The largest absolute Gasteiger partial charge is 0.497 e. The average Bonchev–Trinajstić information content (AvgIpc) is 2.45. The molecular weight excluding hydrogens is 228 g/mol. The number of hydrogen-bond acceptors (Lipinski definition) is 4. The van der Waals surface area contributed by atoms with Crippen molar-refractivity contribution in [3.8, 4) is 11.5 Å². The van der Waals surface area contributed by atoms with Crippen molar-refractivity contribution in [3.05, 3.63) is 36.4 Å². The van der Waals surface area contributed by atoms with Crippen molar-refractivity contribution >= 4 is 21.8 Å². The SMILES string of the molecule is COc1ccc2nnc3ccc(OC)cc3c2c1. The lowest BCUT2D eigenvalue weighted by Gasteiger charge is -2.06. The van der Waals surface area contributed by atoms with Gasteiger partial charge in [-0.15, -0.1) is 10.2 Å². The van der Waals surface area contributed by atoms with Gasteiger partial charge in [0.2, 0.25) is 0 Å². The summed E-state index contributed by atoms with van der Waals surface area (Å²) < 4.78 is 10.5. The van der Waals surface area contributed by atoms with Gasteiger partial charge in [0.05, 0.1) is 25.3 Å². The molecule has 3 rings (SSSR count). The van der Waals surface area contributed by atoms with E-state index in [2.05, 4.69) is 10.2 Å². The number of fused-ring (bicyclic) bond motifs is 3. The molecule has 90 valence electrons. The zero-order valence-electron chi connectivity index (χ0n) is 10.2. The van der Waals surface area contributed by atoms with E-state index in [4.69, 9.17) is 9.47 Å². The standard InChI is InChI=1S/C14H12N2O2/c1-17-9-3-5-13-11(7-9)12-8-10(18-2)4-6-14(12)16-15-13/h3-8H,1-2H3. The van der Waals surface area contributed by atoms with E-state index < -0.39 is 0 Å². The fourth-order valence-corrected chi connectivity index (χ4v) is 2.00. The van der Waals surface area contributed by atoms with Gasteiger partial charge in [-0.1, -0.05) is 0 Å². The summed E-state index contributed by atoms with van der Waals surface area (Å²) in [6.45, 7) is 0. The quantitative estimate of drug-likeness (QED) is 0.646. The number of rotatable bonds is 2. The van der Waals surface area contributed by atoms with E-state index in [9.17, 15) is 0 Å². The number of ether oxygens (including phenoxy) is 2. The van der Waals surface area contributed by atoms with E-state index in [0.29, 0.717) is 0 Å². The highest BCUT2D eigenvalue weighted by molar-refractivity contribution is 6.04. The van der Waals surface area contributed by atoms with Gasteiger partial charge < -0.3 is 9.47 Å². The van der Waals surface area contributed by atoms with Gasteiger partial charge in [-0.25, -0.2) is 0 Å². The highest BCUT2D eigenvalue weighted by atomic mass is 16.5. The van der Waals surface area contributed by atoms with Crippen LogP contribution in [0.5, 0.6) is 11.5 Å². The molecular formula is C14H12N2O2. The molecule has 1 heterocycles. The van der Waals surface area contributed by atoms with Gasteiger partial charge in [0, 0.05) is 10.8 Å². The second-order valence-electron chi connectivity index (χ2n) is 3.97. The highest BCUT2D eigenvalue weighted by Crippen LogP contribution is 2.28. The molecule has 0 saturated carbocycles. The summed E-state index contributed by atoms with van der Waals surface area (Å²) in [5.41, 5.74) is 1.69. The van der Waals surface area contributed by atoms with Gasteiger partial charge in [0.15, 0.2) is 0 Å². The first-order chi connectivity index (χ1) is 8.81. The monoisotopic (exact) mass is 240 g/mol. The molecule has 0 saturated heterocycles. The van der Waals surface area contributed by atoms with Crippen LogP contribution in [0.2, 0.25) is 0 Å². The van der Waals surface area contributed by atoms with Crippen LogP contribution in [0.15, 0.2) is 36.4 Å². The van der Waals surface area contributed by atoms with E-state index >= 15 is 0 Å². The molecule has 0 bridgehead atoms. The third-order valence-electron chi connectivity index (χ3n) is 2.96. The maximum absolute atomic E-state index is 5.25. The van der Waals surface area contributed by atoms with Gasteiger partial charge in [-0.05, 0) is 36.4 Å². The molecule has 0 N–H and O–H groups in total. The number of nitrogens with zero attached hydrogens (tertiary/aromatic N) is 2. The van der Waals surface area contributed by atoms with Crippen molar-refractivity contribution in [3.63, 3.8) is 0 Å². The maximum atomic E-state index is 5.25. The average molecular weight is 240 g/mol. The summed E-state index contributed by atoms with van der Waals surface area (Å²) in [7, 11) is 3.30. The summed E-state index contributed by atoms with van der Waals surface area (Å²) in [5, 5.41) is 10.4. The molecule has 18 heavy (non-hydrogen) atoms. The van der Waals surface area contributed by atoms with Crippen LogP contribution in [0.25, 0.3) is 21.8 Å². The topological polar surface area (TPSA) is 44.2 Å². The predicted molar refractivity (Wildman–Crippen MR) is 70.1 cm³/mol. The number of hydrogen-bond donors (Lipinski definition) is 0. The first-order valence-corrected chi connectivity index (χ1v) is 5.60. The minimum atomic E-state index is 0.805. The molecule has 1 aromatic heterocycles. The van der Waals surface area contributed by atoms with E-state index in [1.165, 1.54) is 0 Å². The summed E-state index contributed by atoms with van der Waals surface area (Å²) in [6, 6.07) is 11.5. The number of methoxy groups -OCH3 is 2. The Kier molecular flexibility index (Phi) is 2.48. The van der Waals surface area contributed by atoms with Gasteiger partial charge in [-0.2, -0.15) is 0 Å². The van der Waals surface area contributed by atoms with Crippen molar-refractivity contribution in [2.24, 2.45) is 0 Å². The lowest BCUT2D eigenvalue weighted by atomic mass is 10.1. The summed E-state index contributed by atoms with van der Waals surface area (Å²) >= 11 is 0. The Hall–Kier alpha value is -2.36. The molecule has 3 aromatic rings. The first kappa shape index (κ1) is 10.8. The Bertz CT molecular complexity index is 663. The second-order valence-corrected chi connectivity index (χ2v) is 3.97. The van der Waals surface area contributed by atoms with E-state index in [0.717, 1.165) is 33.3 Å². The molecule has 0 unspecified atom stereocenters. The molecule has 0 spiro atoms. The molecule has 0 aliphatic heterocycles. The van der Waals surface area contributed by atoms with Crippen LogP contribution in [0.4, 0.5) is 0 Å². The van der Waals surface area contributed by atoms with Crippen LogP contribution in [-0.4, -0.2) is 24.4 Å². The zero-order valence-corrected chi connectivity index (χ0v) is 10.2. The molecule has 0 atom stereocenters. The minimum absolute atomic E-state index is 0.805. The Morgan fingerprint density at radius 3 is 1.56 bits per heavy atom. The van der Waals surface area contributed by atoms with E-state index in [1.54, 1.807) is 14.2 Å². The molecule has 0 fully saturated rings. The normalized spacial score (nSPS) is 10.8. The molecule has 0 amide bonds. The molecule has 2 aromatic carbocycles. The van der Waals surface area contributed by atoms with Crippen LogP contribution in [-0.2, 0) is 0 Å². The summed E-state index contributed by atoms with van der Waals surface area (Å²) in [6.07, 6.45) is 0. The molecule has 4 heteroatoms. The molecule has 0 radical (unpaired) electrons. The van der Waals surface area contributed by atoms with Crippen LogP contribution in [0.3, 0.4) is 0 Å². The van der Waals surface area contributed by atoms with Gasteiger partial charge in [0.1, 0.15) is 11.5 Å². The van der Waals surface area contributed by atoms with Crippen LogP contribution in [0.1, 0.15) is 0 Å². The molecule has 0 aliphatic rings. The van der Waals surface area contributed by atoms with Crippen molar-refractivity contribution in [2.75, 3.05) is 14.2 Å². The highest BCUT2D eigenvalue weighted by Gasteiger charge is 2.06. The maximum Gasteiger partial charge on any atom is 0.119 e. The van der Waals surface area contributed by atoms with E-state index in [-0.39, 0.29) is 0 Å². The van der Waals surface area contributed by atoms with Crippen molar-refractivity contribution in [1.82, 2.24) is 10.2 Å². The Morgan fingerprint density at radius 1 is 0.722 bits per heavy atom. The van der Waals surface area contributed by atoms with Crippen molar-refractivity contribution < 1.29 is 9.47 Å². The van der Waals surface area contributed by atoms with Crippen LogP contribution in [0, 0.1) is 0 Å². The van der Waals surface area contributed by atoms with E-state index in [1.807, 2.05) is 36.4 Å². The van der Waals surface area contributed by atoms with Crippen molar-refractivity contribution in [1.29, 1.82) is 0 Å². The predicted octanol–water partition coefficient (Wildman–Crippen LogP) is 2.80. The summed E-state index contributed by atoms with van der Waals surface area (Å²) in [5.74, 6) is 1.61. The Labute approximate surface area is 104 Å². The third-order valence-corrected chi connectivity index (χ3v) is 2.96. The Balaban J connectivity index is 2.40. The smallest absolute Gasteiger partial charge is 0.119 e. The summed E-state index contributed by atoms with van der Waals surface area (Å²) in [4.78, 5) is 0. The van der Waals surface area contributed by atoms with Crippen molar-refractivity contribution in [2.45, 2.75) is 0 Å². The number of aromatic nitrogens is 2. The van der Waals surface area contributed by atoms with Crippen LogP contribution < -0.4 is 9.47 Å². The van der Waals surface area contributed by atoms with Gasteiger partial charge >= 0.3 is 0 Å². The van der Waals surface area contributed by atoms with Crippen LogP contribution >= 0.6 is 0 Å². The molecule has 4 nitrogen and oxygen atoms in total. The zero-order chi connectivity index (χ0) is 12.5. The first-order valence-electron chi connectivity index (χ1n) is 5.60. The lowest BCUT2D eigenvalue weighted by Crippen LogP contribution is -1.90. The number of benzene rings is 2. The third kappa shape index (κ3) is 1.62. The fraction of sp³-hybridized carbons (Fsp3) is 0.143. The fourth-order valence-electron chi connectivity index (χ4n) is 2.00. The molecule has 0 aliphatic carbocycles. The second kappa shape index (κ2) is 4.14.